The van der Waals surface area contributed by atoms with Gasteiger partial charge in [-0.3, -0.25) is 0 Å². The van der Waals surface area contributed by atoms with E-state index >= 15 is 0 Å². The molecule has 1 aliphatic heterocycles. The van der Waals surface area contributed by atoms with Crippen LogP contribution in [0.2, 0.25) is 0 Å². The Hall–Kier alpha value is -5.60. The number of para-hydroxylation sites is 3. The summed E-state index contributed by atoms with van der Waals surface area (Å²) >= 11 is 0. The first-order valence-electron chi connectivity index (χ1n) is 15.9. The summed E-state index contributed by atoms with van der Waals surface area (Å²) in [4.78, 5) is 2.49. The Kier molecular flexibility index (Phi) is 5.89. The summed E-state index contributed by atoms with van der Waals surface area (Å²) < 4.78 is 2.39. The van der Waals surface area contributed by atoms with Crippen molar-refractivity contribution >= 4 is 33.2 Å². The molecule has 0 N–H and O–H groups in total. The number of aromatic nitrogens is 1. The van der Waals surface area contributed by atoms with E-state index in [0.717, 1.165) is 18.5 Å². The Bertz CT molecular complexity index is 2160. The highest BCUT2D eigenvalue weighted by molar-refractivity contribution is 6.09. The van der Waals surface area contributed by atoms with E-state index < -0.39 is 5.41 Å². The summed E-state index contributed by atoms with van der Waals surface area (Å²) in [6, 6.07) is 57.7. The summed E-state index contributed by atoms with van der Waals surface area (Å²) in [5.74, 6) is 0. The summed E-state index contributed by atoms with van der Waals surface area (Å²) in [5, 5.41) is 2.56. The van der Waals surface area contributed by atoms with E-state index in [1.165, 1.54) is 61.1 Å². The lowest BCUT2D eigenvalue weighted by Crippen LogP contribution is -2.42. The van der Waals surface area contributed by atoms with Crippen molar-refractivity contribution < 1.29 is 0 Å². The fourth-order valence-corrected chi connectivity index (χ4v) is 7.87. The second kappa shape index (κ2) is 10.2. The molecule has 2 aliphatic rings. The molecule has 1 aromatic heterocycles. The van der Waals surface area contributed by atoms with E-state index in [9.17, 15) is 0 Å². The molecule has 0 atom stereocenters. The molecular formula is C43H32N2. The molecule has 0 bridgehead atoms. The van der Waals surface area contributed by atoms with Crippen molar-refractivity contribution in [2.75, 3.05) is 4.90 Å². The average molecular weight is 577 g/mol. The summed E-state index contributed by atoms with van der Waals surface area (Å²) in [5.41, 5.74) is 12.1. The van der Waals surface area contributed by atoms with Crippen LogP contribution in [0.15, 0.2) is 181 Å². The van der Waals surface area contributed by atoms with Gasteiger partial charge in [-0.1, -0.05) is 127 Å². The van der Waals surface area contributed by atoms with Gasteiger partial charge in [-0.2, -0.15) is 0 Å². The van der Waals surface area contributed by atoms with Crippen molar-refractivity contribution in [3.05, 3.63) is 198 Å². The minimum absolute atomic E-state index is 0.412. The maximum atomic E-state index is 2.49. The fraction of sp³-hybridized carbons (Fsp3) is 0.0698. The standard InChI is InChI=1S/C43H32N2/c1-3-15-31(16-4-1)43(32-17-5-2-6-18-32)37-21-9-13-25-41(37)45(42-26-14-10-22-38(42)43)34-29-27-33(28-30-34)44-39-23-11-7-19-35(39)36-20-8-12-24-40(36)44/h1-9,11-13,15-30H,10,14H2. The summed E-state index contributed by atoms with van der Waals surface area (Å²) in [6.07, 6.45) is 7.00. The molecule has 6 aromatic carbocycles. The second-order valence-electron chi connectivity index (χ2n) is 12.0. The van der Waals surface area contributed by atoms with Crippen molar-refractivity contribution in [1.29, 1.82) is 0 Å². The smallest absolute Gasteiger partial charge is 0.0739 e. The van der Waals surface area contributed by atoms with Crippen molar-refractivity contribution in [3.63, 3.8) is 0 Å². The topological polar surface area (TPSA) is 8.17 Å². The predicted molar refractivity (Wildman–Crippen MR) is 188 cm³/mol. The largest absolute Gasteiger partial charge is 0.310 e. The molecule has 9 rings (SSSR count). The van der Waals surface area contributed by atoms with E-state index in [0.29, 0.717) is 0 Å². The number of hydrogen-bond acceptors (Lipinski definition) is 1. The lowest BCUT2D eigenvalue weighted by Gasteiger charge is -2.49. The number of anilines is 2. The average Bonchev–Trinajstić information content (AvgIpc) is 3.46. The van der Waals surface area contributed by atoms with Gasteiger partial charge in [0.15, 0.2) is 0 Å². The first-order chi connectivity index (χ1) is 22.4. The monoisotopic (exact) mass is 576 g/mol. The molecule has 2 heteroatoms. The van der Waals surface area contributed by atoms with Crippen LogP contribution in [0.3, 0.4) is 0 Å². The minimum Gasteiger partial charge on any atom is -0.310 e. The van der Waals surface area contributed by atoms with Gasteiger partial charge in [-0.25, -0.2) is 0 Å². The van der Waals surface area contributed by atoms with Crippen LogP contribution in [0.25, 0.3) is 27.5 Å². The van der Waals surface area contributed by atoms with Crippen LogP contribution in [-0.4, -0.2) is 4.57 Å². The molecule has 0 spiro atoms. The molecule has 0 amide bonds. The second-order valence-corrected chi connectivity index (χ2v) is 12.0. The van der Waals surface area contributed by atoms with Gasteiger partial charge < -0.3 is 9.47 Å². The molecule has 0 saturated carbocycles. The molecule has 0 saturated heterocycles. The Balaban J connectivity index is 1.26. The molecule has 2 heterocycles. The number of allylic oxidation sites excluding steroid dienone is 3. The number of fused-ring (bicyclic) bond motifs is 5. The fourth-order valence-electron chi connectivity index (χ4n) is 7.87. The molecule has 214 valence electrons. The van der Waals surface area contributed by atoms with E-state index in [4.69, 9.17) is 0 Å². The van der Waals surface area contributed by atoms with Crippen molar-refractivity contribution in [2.45, 2.75) is 18.3 Å². The van der Waals surface area contributed by atoms with E-state index in [2.05, 4.69) is 179 Å². The van der Waals surface area contributed by atoms with Crippen LogP contribution in [0, 0.1) is 0 Å². The molecule has 1 aliphatic carbocycles. The zero-order valence-electron chi connectivity index (χ0n) is 25.0. The van der Waals surface area contributed by atoms with Gasteiger partial charge in [0, 0.05) is 27.8 Å². The number of rotatable bonds is 4. The zero-order chi connectivity index (χ0) is 29.8. The van der Waals surface area contributed by atoms with Crippen molar-refractivity contribution in [2.24, 2.45) is 0 Å². The molecule has 2 nitrogen and oxygen atoms in total. The minimum atomic E-state index is -0.412. The maximum absolute atomic E-state index is 2.49. The summed E-state index contributed by atoms with van der Waals surface area (Å²) in [6.45, 7) is 0. The van der Waals surface area contributed by atoms with E-state index in [1.807, 2.05) is 0 Å². The molecule has 7 aromatic rings. The zero-order valence-corrected chi connectivity index (χ0v) is 25.0. The lowest BCUT2D eigenvalue weighted by atomic mass is 9.60. The maximum Gasteiger partial charge on any atom is 0.0739 e. The van der Waals surface area contributed by atoms with Gasteiger partial charge in [0.05, 0.1) is 22.1 Å². The third kappa shape index (κ3) is 3.76. The highest BCUT2D eigenvalue weighted by Crippen LogP contribution is 2.57. The number of hydrogen-bond donors (Lipinski definition) is 0. The highest BCUT2D eigenvalue weighted by Gasteiger charge is 2.48. The van der Waals surface area contributed by atoms with Gasteiger partial charge in [0.1, 0.15) is 0 Å². The Morgan fingerprint density at radius 2 is 0.956 bits per heavy atom. The van der Waals surface area contributed by atoms with E-state index in [1.54, 1.807) is 0 Å². The molecule has 0 unspecified atom stereocenters. The predicted octanol–water partition coefficient (Wildman–Crippen LogP) is 10.9. The first-order valence-corrected chi connectivity index (χ1v) is 15.9. The lowest BCUT2D eigenvalue weighted by molar-refractivity contribution is 0.690. The van der Waals surface area contributed by atoms with Gasteiger partial charge in [-0.05, 0) is 77.6 Å². The van der Waals surface area contributed by atoms with Gasteiger partial charge in [-0.15, -0.1) is 0 Å². The summed E-state index contributed by atoms with van der Waals surface area (Å²) in [7, 11) is 0. The Labute approximate surface area is 263 Å². The Morgan fingerprint density at radius 1 is 0.444 bits per heavy atom. The van der Waals surface area contributed by atoms with Crippen LogP contribution in [0.5, 0.6) is 0 Å². The molecular weight excluding hydrogens is 544 g/mol. The van der Waals surface area contributed by atoms with Crippen LogP contribution in [-0.2, 0) is 5.41 Å². The van der Waals surface area contributed by atoms with Crippen LogP contribution in [0.4, 0.5) is 11.4 Å². The molecule has 0 radical (unpaired) electrons. The van der Waals surface area contributed by atoms with E-state index in [-0.39, 0.29) is 0 Å². The Morgan fingerprint density at radius 3 is 1.60 bits per heavy atom. The SMILES string of the molecule is C1=C2C(=CCC1)C(c1ccccc1)(c1ccccc1)c1ccccc1N2c1ccc(-n2c3ccccc3c3ccccc32)cc1. The van der Waals surface area contributed by atoms with Gasteiger partial charge >= 0.3 is 0 Å². The van der Waals surface area contributed by atoms with Gasteiger partial charge in [0.2, 0.25) is 0 Å². The van der Waals surface area contributed by atoms with Crippen molar-refractivity contribution in [3.8, 4) is 5.69 Å². The van der Waals surface area contributed by atoms with Gasteiger partial charge in [0.25, 0.3) is 0 Å². The third-order valence-electron chi connectivity index (χ3n) is 9.68. The van der Waals surface area contributed by atoms with Crippen LogP contribution in [0.1, 0.15) is 29.5 Å². The normalized spacial score (nSPS) is 15.3. The number of benzene rings is 6. The van der Waals surface area contributed by atoms with Crippen LogP contribution < -0.4 is 4.90 Å². The first kappa shape index (κ1) is 25.9. The molecule has 0 fully saturated rings. The number of nitrogens with zero attached hydrogens (tertiary/aromatic N) is 2. The van der Waals surface area contributed by atoms with Crippen LogP contribution >= 0.6 is 0 Å². The quantitative estimate of drug-likeness (QED) is 0.202. The molecule has 45 heavy (non-hydrogen) atoms. The van der Waals surface area contributed by atoms with Crippen molar-refractivity contribution in [1.82, 2.24) is 4.57 Å². The highest BCUT2D eigenvalue weighted by atomic mass is 15.2. The third-order valence-corrected chi connectivity index (χ3v) is 9.68.